The zero-order valence-corrected chi connectivity index (χ0v) is 14.2. The van der Waals surface area contributed by atoms with E-state index in [4.69, 9.17) is 16.3 Å². The van der Waals surface area contributed by atoms with Crippen LogP contribution in [0.5, 0.6) is 11.5 Å². The van der Waals surface area contributed by atoms with Gasteiger partial charge in [-0.3, -0.25) is 4.79 Å². The van der Waals surface area contributed by atoms with E-state index in [9.17, 15) is 26.4 Å². The number of rotatable bonds is 3. The number of ketones is 1. The summed E-state index contributed by atoms with van der Waals surface area (Å²) < 4.78 is 70.1. The lowest BCUT2D eigenvalue weighted by molar-refractivity contribution is 0.0165. The summed E-state index contributed by atoms with van der Waals surface area (Å²) in [6.07, 6.45) is -0.178. The second-order valence-electron chi connectivity index (χ2n) is 5.61. The zero-order chi connectivity index (χ0) is 18.6. The Balaban J connectivity index is 2.17. The summed E-state index contributed by atoms with van der Waals surface area (Å²) in [6, 6.07) is 5.45. The Morgan fingerprint density at radius 3 is 2.48 bits per heavy atom. The third-order valence-electron chi connectivity index (χ3n) is 3.65. The maximum absolute atomic E-state index is 13.9. The van der Waals surface area contributed by atoms with Crippen LogP contribution in [-0.4, -0.2) is 26.4 Å². The van der Waals surface area contributed by atoms with Gasteiger partial charge >= 0.3 is 5.92 Å². The first-order valence-electron chi connectivity index (χ1n) is 6.91. The molecule has 0 aliphatic heterocycles. The normalized spacial score (nSPS) is 16.0. The van der Waals surface area contributed by atoms with Crippen LogP contribution in [0.2, 0.25) is 5.02 Å². The highest BCUT2D eigenvalue weighted by atomic mass is 35.5. The van der Waals surface area contributed by atoms with Crippen LogP contribution < -0.4 is 4.74 Å². The predicted molar refractivity (Wildman–Crippen MR) is 84.0 cm³/mol. The number of Topliss-reactive ketones (excluding diaryl/α,β-unsaturated/α-hetero) is 1. The van der Waals surface area contributed by atoms with E-state index in [-0.39, 0.29) is 22.1 Å². The molecule has 0 heterocycles. The molecular weight excluding hydrogens is 381 g/mol. The maximum Gasteiger partial charge on any atom is 0.313 e. The topological polar surface area (TPSA) is 60.4 Å². The van der Waals surface area contributed by atoms with Crippen molar-refractivity contribution in [3.8, 4) is 11.5 Å². The smallest absolute Gasteiger partial charge is 0.313 e. The van der Waals surface area contributed by atoms with Crippen molar-refractivity contribution in [2.24, 2.45) is 0 Å². The summed E-state index contributed by atoms with van der Waals surface area (Å²) in [5.41, 5.74) is -0.828. The van der Waals surface area contributed by atoms with Gasteiger partial charge in [0.2, 0.25) is 5.78 Å². The van der Waals surface area contributed by atoms with Crippen molar-refractivity contribution in [1.29, 1.82) is 0 Å². The van der Waals surface area contributed by atoms with E-state index in [0.29, 0.717) is 0 Å². The van der Waals surface area contributed by atoms with Crippen LogP contribution in [0.15, 0.2) is 35.2 Å². The summed E-state index contributed by atoms with van der Waals surface area (Å²) in [7, 11) is -3.91. The molecule has 0 radical (unpaired) electrons. The van der Waals surface area contributed by atoms with Crippen molar-refractivity contribution in [2.75, 3.05) is 6.26 Å². The van der Waals surface area contributed by atoms with Crippen molar-refractivity contribution in [3.63, 3.8) is 0 Å². The Kier molecular flexibility index (Phi) is 4.08. The molecule has 9 heteroatoms. The first-order chi connectivity index (χ1) is 11.5. The molecule has 0 aromatic heterocycles. The predicted octanol–water partition coefficient (Wildman–Crippen LogP) is 4.05. The van der Waals surface area contributed by atoms with Gasteiger partial charge in [-0.1, -0.05) is 11.6 Å². The SMILES string of the molecule is CS(=O)(=O)c1ccc(Oc2cc(F)cc(Cl)c2)c2c1C(=O)C(F)(F)C2. The number of ether oxygens (including phenoxy) is 1. The number of carbonyl (C=O) groups excluding carboxylic acids is 1. The highest BCUT2D eigenvalue weighted by Crippen LogP contribution is 2.43. The van der Waals surface area contributed by atoms with Gasteiger partial charge in [0, 0.05) is 34.9 Å². The standard InChI is InChI=1S/C16H10ClF3O4S/c1-25(22,23)13-3-2-12(11-7-16(19,20)15(21)14(11)13)24-10-5-8(17)4-9(18)6-10/h2-6H,7H2,1H3. The fraction of sp³-hybridized carbons (Fsp3) is 0.188. The van der Waals surface area contributed by atoms with Gasteiger partial charge in [0.1, 0.15) is 17.3 Å². The molecule has 0 spiro atoms. The van der Waals surface area contributed by atoms with Crippen molar-refractivity contribution in [3.05, 3.63) is 52.3 Å². The lowest BCUT2D eigenvalue weighted by Crippen LogP contribution is -2.24. The molecule has 4 nitrogen and oxygen atoms in total. The van der Waals surface area contributed by atoms with Gasteiger partial charge in [-0.2, -0.15) is 8.78 Å². The number of carbonyl (C=O) groups is 1. The van der Waals surface area contributed by atoms with Crippen LogP contribution in [0.25, 0.3) is 0 Å². The molecule has 0 saturated carbocycles. The van der Waals surface area contributed by atoms with E-state index in [1.165, 1.54) is 6.07 Å². The Bertz CT molecular complexity index is 982. The Labute approximate surface area is 146 Å². The largest absolute Gasteiger partial charge is 0.457 e. The maximum atomic E-state index is 13.9. The Morgan fingerprint density at radius 2 is 1.88 bits per heavy atom. The minimum absolute atomic E-state index is 0.0285. The molecule has 0 amide bonds. The molecule has 0 saturated heterocycles. The molecule has 0 unspecified atom stereocenters. The number of fused-ring (bicyclic) bond motifs is 1. The molecule has 0 N–H and O–H groups in total. The Hall–Kier alpha value is -2.06. The van der Waals surface area contributed by atoms with Gasteiger partial charge in [-0.15, -0.1) is 0 Å². The summed E-state index contributed by atoms with van der Waals surface area (Å²) in [5, 5.41) is 0.0285. The van der Waals surface area contributed by atoms with E-state index >= 15 is 0 Å². The third kappa shape index (κ3) is 3.23. The zero-order valence-electron chi connectivity index (χ0n) is 12.6. The molecule has 2 aromatic carbocycles. The molecule has 0 atom stereocenters. The number of benzene rings is 2. The lowest BCUT2D eigenvalue weighted by Gasteiger charge is -2.12. The summed E-state index contributed by atoms with van der Waals surface area (Å²) in [5.74, 6) is -6.24. The quantitative estimate of drug-likeness (QED) is 0.793. The van der Waals surface area contributed by atoms with E-state index < -0.39 is 44.2 Å². The molecule has 2 aromatic rings. The molecular formula is C16H10ClF3O4S. The first-order valence-corrected chi connectivity index (χ1v) is 9.18. The molecule has 132 valence electrons. The van der Waals surface area contributed by atoms with Crippen molar-refractivity contribution < 1.29 is 31.1 Å². The van der Waals surface area contributed by atoms with Gasteiger partial charge in [0.15, 0.2) is 9.84 Å². The second-order valence-corrected chi connectivity index (χ2v) is 8.03. The second kappa shape index (κ2) is 5.74. The van der Waals surface area contributed by atoms with Gasteiger partial charge in [-0.05, 0) is 24.3 Å². The number of hydrogen-bond acceptors (Lipinski definition) is 4. The molecule has 0 bridgehead atoms. The van der Waals surface area contributed by atoms with Crippen LogP contribution in [0, 0.1) is 5.82 Å². The molecule has 1 aliphatic carbocycles. The van der Waals surface area contributed by atoms with Gasteiger partial charge in [-0.25, -0.2) is 12.8 Å². The summed E-state index contributed by atoms with van der Waals surface area (Å²) >= 11 is 5.71. The average Bonchev–Trinajstić information content (AvgIpc) is 2.68. The van der Waals surface area contributed by atoms with Crippen molar-refractivity contribution in [2.45, 2.75) is 17.2 Å². The average molecular weight is 391 g/mol. The van der Waals surface area contributed by atoms with Crippen LogP contribution in [0.1, 0.15) is 15.9 Å². The monoisotopic (exact) mass is 390 g/mol. The number of hydrogen-bond donors (Lipinski definition) is 0. The van der Waals surface area contributed by atoms with Crippen molar-refractivity contribution in [1.82, 2.24) is 0 Å². The van der Waals surface area contributed by atoms with E-state index in [1.807, 2.05) is 0 Å². The number of sulfone groups is 1. The van der Waals surface area contributed by atoms with Gasteiger partial charge in [0.25, 0.3) is 0 Å². The fourth-order valence-corrected chi connectivity index (χ4v) is 3.75. The first kappa shape index (κ1) is 17.8. The summed E-state index contributed by atoms with van der Waals surface area (Å²) in [6.45, 7) is 0. The highest BCUT2D eigenvalue weighted by molar-refractivity contribution is 7.90. The minimum Gasteiger partial charge on any atom is -0.457 e. The third-order valence-corrected chi connectivity index (χ3v) is 5.01. The minimum atomic E-state index is -3.91. The van der Waals surface area contributed by atoms with Gasteiger partial charge < -0.3 is 4.74 Å². The molecule has 3 rings (SSSR count). The van der Waals surface area contributed by atoms with Crippen LogP contribution >= 0.6 is 11.6 Å². The van der Waals surface area contributed by atoms with E-state index in [1.54, 1.807) is 0 Å². The highest BCUT2D eigenvalue weighted by Gasteiger charge is 2.50. The van der Waals surface area contributed by atoms with Gasteiger partial charge in [0.05, 0.1) is 4.90 Å². The summed E-state index contributed by atoms with van der Waals surface area (Å²) in [4.78, 5) is 11.5. The van der Waals surface area contributed by atoms with Crippen molar-refractivity contribution >= 4 is 27.2 Å². The molecule has 1 aliphatic rings. The molecule has 0 fully saturated rings. The fourth-order valence-electron chi connectivity index (χ4n) is 2.64. The van der Waals surface area contributed by atoms with E-state index in [0.717, 1.165) is 30.5 Å². The van der Waals surface area contributed by atoms with Crippen LogP contribution in [-0.2, 0) is 16.3 Å². The van der Waals surface area contributed by atoms with Crippen LogP contribution in [0.4, 0.5) is 13.2 Å². The number of alkyl halides is 2. The molecule has 25 heavy (non-hydrogen) atoms. The van der Waals surface area contributed by atoms with Crippen LogP contribution in [0.3, 0.4) is 0 Å². The number of halogens is 4. The van der Waals surface area contributed by atoms with E-state index in [2.05, 4.69) is 0 Å². The lowest BCUT2D eigenvalue weighted by atomic mass is 10.1. The Morgan fingerprint density at radius 1 is 1.20 bits per heavy atom.